The molecule has 3 rings (SSSR count). The van der Waals surface area contributed by atoms with Crippen molar-refractivity contribution < 1.29 is 8.42 Å². The quantitative estimate of drug-likeness (QED) is 0.767. The fraction of sp³-hybridized carbons (Fsp3) is 0.600. The van der Waals surface area contributed by atoms with Gasteiger partial charge in [-0.2, -0.15) is 5.10 Å². The van der Waals surface area contributed by atoms with E-state index in [1.807, 2.05) is 18.9 Å². The lowest BCUT2D eigenvalue weighted by molar-refractivity contribution is 0.586. The summed E-state index contributed by atoms with van der Waals surface area (Å²) in [6, 6.07) is 0. The van der Waals surface area contributed by atoms with Crippen LogP contribution in [0.4, 0.5) is 5.13 Å². The third kappa shape index (κ3) is 1.89. The summed E-state index contributed by atoms with van der Waals surface area (Å²) < 4.78 is 25.7. The topological polar surface area (TPSA) is 68.1 Å². The summed E-state index contributed by atoms with van der Waals surface area (Å²) in [6.45, 7) is 3.04. The van der Waals surface area contributed by atoms with Crippen molar-refractivity contribution in [1.29, 1.82) is 0 Å². The van der Waals surface area contributed by atoms with Crippen molar-refractivity contribution in [2.75, 3.05) is 29.5 Å². The number of thiazole rings is 1. The average Bonchev–Trinajstić information content (AvgIpc) is 2.82. The van der Waals surface area contributed by atoms with E-state index in [1.54, 1.807) is 16.0 Å². The molecule has 0 unspecified atom stereocenters. The highest BCUT2D eigenvalue weighted by molar-refractivity contribution is 7.91. The Labute approximate surface area is 109 Å². The molecule has 8 heteroatoms. The number of aryl methyl sites for hydroxylation is 2. The Kier molecular flexibility index (Phi) is 2.60. The molecule has 3 heterocycles. The summed E-state index contributed by atoms with van der Waals surface area (Å²) in [6.07, 6.45) is 0. The van der Waals surface area contributed by atoms with E-state index in [2.05, 4.69) is 10.1 Å². The number of hydrogen-bond donors (Lipinski definition) is 0. The van der Waals surface area contributed by atoms with Gasteiger partial charge in [0, 0.05) is 20.1 Å². The zero-order valence-electron chi connectivity index (χ0n) is 10.3. The van der Waals surface area contributed by atoms with Gasteiger partial charge in [0.05, 0.1) is 21.9 Å². The van der Waals surface area contributed by atoms with Gasteiger partial charge in [-0.3, -0.25) is 0 Å². The number of anilines is 1. The fourth-order valence-corrected chi connectivity index (χ4v) is 4.40. The van der Waals surface area contributed by atoms with E-state index in [0.29, 0.717) is 13.1 Å². The van der Waals surface area contributed by atoms with E-state index in [1.165, 1.54) is 0 Å². The van der Waals surface area contributed by atoms with E-state index in [0.717, 1.165) is 21.2 Å². The van der Waals surface area contributed by atoms with Crippen LogP contribution in [0.25, 0.3) is 10.3 Å². The van der Waals surface area contributed by atoms with Gasteiger partial charge >= 0.3 is 0 Å². The molecule has 0 aliphatic carbocycles. The molecule has 18 heavy (non-hydrogen) atoms. The van der Waals surface area contributed by atoms with Gasteiger partial charge in [0.2, 0.25) is 0 Å². The Morgan fingerprint density at radius 3 is 2.56 bits per heavy atom. The molecule has 6 nitrogen and oxygen atoms in total. The molecule has 0 spiro atoms. The highest BCUT2D eigenvalue weighted by Crippen LogP contribution is 2.31. The number of hydrogen-bond acceptors (Lipinski definition) is 6. The molecule has 1 aliphatic rings. The van der Waals surface area contributed by atoms with Crippen LogP contribution in [-0.2, 0) is 16.9 Å². The minimum Gasteiger partial charge on any atom is -0.346 e. The normalized spacial score (nSPS) is 19.6. The lowest BCUT2D eigenvalue weighted by Crippen LogP contribution is -2.40. The lowest BCUT2D eigenvalue weighted by Gasteiger charge is -2.25. The first-order valence-electron chi connectivity index (χ1n) is 5.72. The van der Waals surface area contributed by atoms with Gasteiger partial charge in [-0.15, -0.1) is 0 Å². The monoisotopic (exact) mass is 286 g/mol. The number of fused-ring (bicyclic) bond motifs is 1. The van der Waals surface area contributed by atoms with Crippen LogP contribution >= 0.6 is 11.3 Å². The molecule has 0 amide bonds. The molecule has 2 aromatic heterocycles. The van der Waals surface area contributed by atoms with Crippen LogP contribution in [0, 0.1) is 6.92 Å². The second-order valence-corrected chi connectivity index (χ2v) is 7.78. The van der Waals surface area contributed by atoms with Crippen LogP contribution in [0.1, 0.15) is 5.69 Å². The second-order valence-electron chi connectivity index (χ2n) is 4.50. The maximum atomic E-state index is 11.4. The number of nitrogens with zero attached hydrogens (tertiary/aromatic N) is 4. The molecule has 0 atom stereocenters. The minimum absolute atomic E-state index is 0.222. The highest BCUT2D eigenvalue weighted by atomic mass is 32.2. The standard InChI is InChI=1S/C10H14N4O2S2/c1-7-8-9(13(2)12-7)11-10(17-8)14-3-5-18(15,16)6-4-14/h3-6H2,1-2H3. The van der Waals surface area contributed by atoms with Gasteiger partial charge in [0.15, 0.2) is 20.6 Å². The van der Waals surface area contributed by atoms with Crippen molar-refractivity contribution >= 4 is 36.7 Å². The van der Waals surface area contributed by atoms with E-state index in [4.69, 9.17) is 0 Å². The van der Waals surface area contributed by atoms with Gasteiger partial charge in [-0.1, -0.05) is 11.3 Å². The molecule has 2 aromatic rings. The lowest BCUT2D eigenvalue weighted by atomic mass is 10.5. The maximum Gasteiger partial charge on any atom is 0.188 e. The van der Waals surface area contributed by atoms with Crippen LogP contribution in [0.15, 0.2) is 0 Å². The third-order valence-corrected chi connectivity index (χ3v) is 5.97. The number of rotatable bonds is 1. The van der Waals surface area contributed by atoms with E-state index < -0.39 is 9.84 Å². The summed E-state index contributed by atoms with van der Waals surface area (Å²) in [5.41, 5.74) is 1.85. The smallest absolute Gasteiger partial charge is 0.188 e. The largest absolute Gasteiger partial charge is 0.346 e. The first-order valence-corrected chi connectivity index (χ1v) is 8.35. The van der Waals surface area contributed by atoms with Crippen LogP contribution in [0.2, 0.25) is 0 Å². The number of aromatic nitrogens is 3. The van der Waals surface area contributed by atoms with Gasteiger partial charge < -0.3 is 4.90 Å². The zero-order chi connectivity index (χ0) is 12.9. The Balaban J connectivity index is 1.94. The predicted octanol–water partition coefficient (Wildman–Crippen LogP) is 0.573. The average molecular weight is 286 g/mol. The molecule has 98 valence electrons. The van der Waals surface area contributed by atoms with Gasteiger partial charge in [-0.25, -0.2) is 18.1 Å². The number of sulfone groups is 1. The van der Waals surface area contributed by atoms with Gasteiger partial charge in [0.25, 0.3) is 0 Å². The molecule has 1 fully saturated rings. The molecular formula is C10H14N4O2S2. The zero-order valence-corrected chi connectivity index (χ0v) is 11.9. The van der Waals surface area contributed by atoms with Crippen molar-refractivity contribution in [1.82, 2.24) is 14.8 Å². The van der Waals surface area contributed by atoms with E-state index in [-0.39, 0.29) is 11.5 Å². The molecule has 0 aromatic carbocycles. The van der Waals surface area contributed by atoms with Crippen LogP contribution < -0.4 is 4.90 Å². The Morgan fingerprint density at radius 2 is 1.94 bits per heavy atom. The summed E-state index contributed by atoms with van der Waals surface area (Å²) in [7, 11) is -0.965. The summed E-state index contributed by atoms with van der Waals surface area (Å²) in [4.78, 5) is 6.60. The first-order chi connectivity index (χ1) is 8.46. The molecule has 0 bridgehead atoms. The first kappa shape index (κ1) is 11.9. The van der Waals surface area contributed by atoms with Crippen molar-refractivity contribution in [3.8, 4) is 0 Å². The van der Waals surface area contributed by atoms with Gasteiger partial charge in [-0.05, 0) is 6.92 Å². The van der Waals surface area contributed by atoms with Crippen molar-refractivity contribution in [2.24, 2.45) is 7.05 Å². The van der Waals surface area contributed by atoms with Crippen LogP contribution in [0.5, 0.6) is 0 Å². The minimum atomic E-state index is -2.84. The van der Waals surface area contributed by atoms with E-state index >= 15 is 0 Å². The van der Waals surface area contributed by atoms with Crippen molar-refractivity contribution in [3.05, 3.63) is 5.69 Å². The fourth-order valence-electron chi connectivity index (χ4n) is 2.11. The Hall–Kier alpha value is -1.15. The van der Waals surface area contributed by atoms with Gasteiger partial charge in [0.1, 0.15) is 0 Å². The van der Waals surface area contributed by atoms with Crippen molar-refractivity contribution in [2.45, 2.75) is 6.92 Å². The van der Waals surface area contributed by atoms with Crippen molar-refractivity contribution in [3.63, 3.8) is 0 Å². The molecule has 0 N–H and O–H groups in total. The molecule has 0 saturated carbocycles. The highest BCUT2D eigenvalue weighted by Gasteiger charge is 2.24. The maximum absolute atomic E-state index is 11.4. The van der Waals surface area contributed by atoms with E-state index in [9.17, 15) is 8.42 Å². The predicted molar refractivity (Wildman–Crippen MR) is 72.0 cm³/mol. The third-order valence-electron chi connectivity index (χ3n) is 3.15. The summed E-state index contributed by atoms with van der Waals surface area (Å²) in [5, 5.41) is 5.21. The molecule has 0 radical (unpaired) electrons. The molecular weight excluding hydrogens is 272 g/mol. The second kappa shape index (κ2) is 3.92. The molecule has 1 aliphatic heterocycles. The van der Waals surface area contributed by atoms with Crippen LogP contribution in [0.3, 0.4) is 0 Å². The van der Waals surface area contributed by atoms with Crippen LogP contribution in [-0.4, -0.2) is 47.8 Å². The summed E-state index contributed by atoms with van der Waals surface area (Å²) in [5.74, 6) is 0.445. The Bertz CT molecular complexity index is 652. The SMILES string of the molecule is Cc1nn(C)c2nc(N3CCS(=O)(=O)CC3)sc12. The summed E-state index contributed by atoms with van der Waals surface area (Å²) >= 11 is 1.59. The molecule has 1 saturated heterocycles. The Morgan fingerprint density at radius 1 is 1.28 bits per heavy atom.